The Morgan fingerprint density at radius 3 is 1.22 bits per heavy atom. The van der Waals surface area contributed by atoms with Crippen molar-refractivity contribution < 1.29 is 0 Å². The maximum Gasteiger partial charge on any atom is 0.102 e. The lowest BCUT2D eigenvalue weighted by molar-refractivity contribution is 0.902. The van der Waals surface area contributed by atoms with Crippen LogP contribution in [-0.2, 0) is 4.75 Å². The van der Waals surface area contributed by atoms with Crippen LogP contribution in [0.2, 0.25) is 0 Å². The summed E-state index contributed by atoms with van der Waals surface area (Å²) in [5.41, 5.74) is 3.58. The van der Waals surface area contributed by atoms with Crippen molar-refractivity contribution in [1.29, 1.82) is 0 Å². The van der Waals surface area contributed by atoms with Crippen LogP contribution in [0.5, 0.6) is 0 Å². The number of benzene rings is 3. The van der Waals surface area contributed by atoms with Crippen LogP contribution in [0.25, 0.3) is 0 Å². The van der Waals surface area contributed by atoms with E-state index in [0.29, 0.717) is 3.53 Å². The summed E-state index contributed by atoms with van der Waals surface area (Å²) < 4.78 is 0.226. The summed E-state index contributed by atoms with van der Waals surface area (Å²) in [6, 6.07) is 31.4. The highest BCUT2D eigenvalue weighted by Crippen LogP contribution is 2.49. The molecule has 0 spiro atoms. The van der Waals surface area contributed by atoms with Gasteiger partial charge in [0.15, 0.2) is 0 Å². The van der Waals surface area contributed by atoms with E-state index in [9.17, 15) is 0 Å². The van der Waals surface area contributed by atoms with E-state index in [2.05, 4.69) is 85.4 Å². The first-order chi connectivity index (χ1) is 11.2. The molecular formula is C20H16S3. The minimum absolute atomic E-state index is 0.400. The van der Waals surface area contributed by atoms with Crippen LogP contribution in [0.3, 0.4) is 0 Å². The zero-order valence-corrected chi connectivity index (χ0v) is 15.0. The Bertz CT molecular complexity index is 671. The molecule has 0 saturated heterocycles. The zero-order chi connectivity index (χ0) is 16.1. The lowest BCUT2D eigenvalue weighted by Gasteiger charge is -2.34. The number of hydrogen-bond acceptors (Lipinski definition) is 2. The summed E-state index contributed by atoms with van der Waals surface area (Å²) in [5.74, 6) is 0. The third-order valence-electron chi connectivity index (χ3n) is 3.78. The van der Waals surface area contributed by atoms with Crippen LogP contribution in [0, 0.1) is 0 Å². The monoisotopic (exact) mass is 352 g/mol. The van der Waals surface area contributed by atoms with Crippen LogP contribution in [-0.4, -0.2) is 3.53 Å². The molecule has 0 aliphatic heterocycles. The Balaban J connectivity index is 2.32. The zero-order valence-electron chi connectivity index (χ0n) is 12.4. The van der Waals surface area contributed by atoms with Gasteiger partial charge in [-0.2, -0.15) is 0 Å². The highest BCUT2D eigenvalue weighted by molar-refractivity contribution is 8.42. The summed E-state index contributed by atoms with van der Waals surface area (Å²) in [4.78, 5) is 0. The Morgan fingerprint density at radius 1 is 0.652 bits per heavy atom. The molecular weight excluding hydrogens is 336 g/mol. The average Bonchev–Trinajstić information content (AvgIpc) is 2.62. The van der Waals surface area contributed by atoms with Crippen molar-refractivity contribution in [2.45, 2.75) is 4.75 Å². The predicted octanol–water partition coefficient (Wildman–Crippen LogP) is 5.93. The van der Waals surface area contributed by atoms with Gasteiger partial charge in [-0.1, -0.05) is 115 Å². The number of thiocarbonyl (C=S) groups is 1. The fraction of sp³-hybridized carbons (Fsp3) is 0.0500. The molecule has 0 unspecified atom stereocenters. The molecule has 0 saturated carbocycles. The van der Waals surface area contributed by atoms with Crippen molar-refractivity contribution in [3.63, 3.8) is 0 Å². The summed E-state index contributed by atoms with van der Waals surface area (Å²) in [6.07, 6.45) is 0. The lowest BCUT2D eigenvalue weighted by Crippen LogP contribution is -2.26. The highest BCUT2D eigenvalue weighted by Gasteiger charge is 2.37. The molecule has 0 N–H and O–H groups in total. The Kier molecular flexibility index (Phi) is 5.21. The van der Waals surface area contributed by atoms with E-state index in [1.165, 1.54) is 16.7 Å². The molecule has 114 valence electrons. The van der Waals surface area contributed by atoms with Crippen molar-refractivity contribution >= 4 is 40.1 Å². The average molecular weight is 353 g/mol. The van der Waals surface area contributed by atoms with Gasteiger partial charge in [0.2, 0.25) is 0 Å². The van der Waals surface area contributed by atoms with E-state index < -0.39 is 4.75 Å². The van der Waals surface area contributed by atoms with Crippen molar-refractivity contribution in [1.82, 2.24) is 0 Å². The van der Waals surface area contributed by atoms with Gasteiger partial charge in [0.1, 0.15) is 3.53 Å². The van der Waals surface area contributed by atoms with Crippen molar-refractivity contribution in [3.8, 4) is 0 Å². The molecule has 0 radical (unpaired) electrons. The molecule has 3 heteroatoms. The van der Waals surface area contributed by atoms with E-state index in [1.807, 2.05) is 18.2 Å². The molecule has 0 fully saturated rings. The molecule has 23 heavy (non-hydrogen) atoms. The number of thiol groups is 1. The standard InChI is InChI=1S/C20H16S3/c21-19(22)23-20(16-10-4-1-5-11-16,17-12-6-2-7-13-17)18-14-8-3-9-15-18/h1-15H,(H,21,22). The fourth-order valence-corrected chi connectivity index (χ4v) is 4.64. The number of hydrogen-bond donors (Lipinski definition) is 1. The van der Waals surface area contributed by atoms with Gasteiger partial charge in [0.05, 0.1) is 4.75 Å². The summed E-state index contributed by atoms with van der Waals surface area (Å²) >= 11 is 11.4. The first-order valence-electron chi connectivity index (χ1n) is 7.32. The third kappa shape index (κ3) is 3.37. The second-order valence-electron chi connectivity index (χ2n) is 5.15. The van der Waals surface area contributed by atoms with E-state index in [4.69, 9.17) is 12.2 Å². The molecule has 0 heterocycles. The SMILES string of the molecule is S=C(S)SC(c1ccccc1)(c1ccccc1)c1ccccc1. The molecule has 0 nitrogen and oxygen atoms in total. The summed E-state index contributed by atoms with van der Waals surface area (Å²) in [5, 5.41) is 0. The van der Waals surface area contributed by atoms with E-state index >= 15 is 0 Å². The molecule has 0 amide bonds. The normalized spacial score (nSPS) is 11.2. The molecule has 0 aliphatic rings. The van der Waals surface area contributed by atoms with Gasteiger partial charge in [-0.25, -0.2) is 0 Å². The van der Waals surface area contributed by atoms with Gasteiger partial charge in [-0.15, -0.1) is 12.6 Å². The van der Waals surface area contributed by atoms with Crippen LogP contribution < -0.4 is 0 Å². The van der Waals surface area contributed by atoms with Crippen molar-refractivity contribution in [3.05, 3.63) is 108 Å². The predicted molar refractivity (Wildman–Crippen MR) is 108 cm³/mol. The van der Waals surface area contributed by atoms with Crippen LogP contribution in [0.4, 0.5) is 0 Å². The first-order valence-corrected chi connectivity index (χ1v) is 8.99. The topological polar surface area (TPSA) is 0 Å². The molecule has 0 aliphatic carbocycles. The first kappa shape index (κ1) is 16.3. The number of thioether (sulfide) groups is 1. The molecule has 0 atom stereocenters. The van der Waals surface area contributed by atoms with E-state index in [0.717, 1.165) is 0 Å². The van der Waals surface area contributed by atoms with Gasteiger partial charge in [-0.3, -0.25) is 0 Å². The second-order valence-corrected chi connectivity index (χ2v) is 8.09. The van der Waals surface area contributed by atoms with Crippen LogP contribution >= 0.6 is 36.6 Å². The van der Waals surface area contributed by atoms with Gasteiger partial charge in [-0.05, 0) is 16.7 Å². The Labute approximate surface area is 152 Å². The maximum atomic E-state index is 5.37. The third-order valence-corrected chi connectivity index (χ3v) is 5.49. The largest absolute Gasteiger partial charge is 0.125 e. The van der Waals surface area contributed by atoms with E-state index in [1.54, 1.807) is 11.8 Å². The second kappa shape index (κ2) is 7.35. The van der Waals surface area contributed by atoms with Crippen LogP contribution in [0.1, 0.15) is 16.7 Å². The van der Waals surface area contributed by atoms with Gasteiger partial charge in [0, 0.05) is 0 Å². The molecule has 0 bridgehead atoms. The Morgan fingerprint density at radius 2 is 0.957 bits per heavy atom. The lowest BCUT2D eigenvalue weighted by atomic mass is 9.84. The molecule has 3 rings (SSSR count). The summed E-state index contributed by atoms with van der Waals surface area (Å²) in [6.45, 7) is 0. The highest BCUT2D eigenvalue weighted by atomic mass is 32.2. The number of rotatable bonds is 4. The quantitative estimate of drug-likeness (QED) is 0.351. The van der Waals surface area contributed by atoms with Gasteiger partial charge < -0.3 is 0 Å². The minimum Gasteiger partial charge on any atom is -0.125 e. The fourth-order valence-electron chi connectivity index (χ4n) is 2.83. The van der Waals surface area contributed by atoms with Crippen molar-refractivity contribution in [2.75, 3.05) is 0 Å². The van der Waals surface area contributed by atoms with Crippen LogP contribution in [0.15, 0.2) is 91.0 Å². The van der Waals surface area contributed by atoms with Crippen molar-refractivity contribution in [2.24, 2.45) is 0 Å². The molecule has 0 aromatic heterocycles. The molecule has 3 aromatic rings. The summed E-state index contributed by atoms with van der Waals surface area (Å²) in [7, 11) is 0. The van der Waals surface area contributed by atoms with Gasteiger partial charge in [0.25, 0.3) is 0 Å². The maximum absolute atomic E-state index is 5.37. The van der Waals surface area contributed by atoms with E-state index in [-0.39, 0.29) is 0 Å². The van der Waals surface area contributed by atoms with Gasteiger partial charge >= 0.3 is 0 Å². The smallest absolute Gasteiger partial charge is 0.102 e. The minimum atomic E-state index is -0.400. The Hall–Kier alpha value is -1.55. The molecule has 3 aromatic carbocycles.